The molecule has 3 heteroatoms. The molecule has 0 N–H and O–H groups in total. The van der Waals surface area contributed by atoms with Crippen molar-refractivity contribution >= 4 is 15.9 Å². The van der Waals surface area contributed by atoms with Gasteiger partial charge in [0.2, 0.25) is 0 Å². The molecule has 1 spiro atoms. The molecule has 2 aliphatic rings. The van der Waals surface area contributed by atoms with Crippen molar-refractivity contribution < 1.29 is 4.74 Å². The lowest BCUT2D eigenvalue weighted by Crippen LogP contribution is -2.46. The molecule has 0 radical (unpaired) electrons. The molecular formula is C25H32BrNO. The molecule has 150 valence electrons. The highest BCUT2D eigenvalue weighted by Crippen LogP contribution is 2.50. The summed E-state index contributed by atoms with van der Waals surface area (Å²) in [5.74, 6) is 0. The highest BCUT2D eigenvalue weighted by molar-refractivity contribution is 9.10. The van der Waals surface area contributed by atoms with Gasteiger partial charge < -0.3 is 4.74 Å². The third kappa shape index (κ3) is 4.52. The number of benzene rings is 1. The van der Waals surface area contributed by atoms with E-state index in [1.165, 1.54) is 73.5 Å². The van der Waals surface area contributed by atoms with Crippen LogP contribution < -0.4 is 0 Å². The Balaban J connectivity index is 1.40. The SMILES string of the molecule is Brc1ccccc1CCCCC[C@@]1(c2ccccn2)CCOC2(CCCC2)C1. The third-order valence-corrected chi connectivity index (χ3v) is 7.71. The van der Waals surface area contributed by atoms with E-state index < -0.39 is 0 Å². The number of pyridine rings is 1. The van der Waals surface area contributed by atoms with Crippen molar-refractivity contribution in [1.29, 1.82) is 0 Å². The molecule has 4 rings (SSSR count). The standard InChI is InChI=1S/C25H32BrNO/c26-22-12-4-3-11-21(22)10-2-1-6-14-24(23-13-5-9-18-27-23)17-19-28-25(20-24)15-7-8-16-25/h3-5,9,11-13,18H,1-2,6-8,10,14-17,19-20H2/t24-/m1/s1. The van der Waals surface area contributed by atoms with E-state index in [9.17, 15) is 0 Å². The number of rotatable bonds is 7. The van der Waals surface area contributed by atoms with Crippen LogP contribution in [0.2, 0.25) is 0 Å². The van der Waals surface area contributed by atoms with Gasteiger partial charge in [-0.25, -0.2) is 0 Å². The number of unbranched alkanes of at least 4 members (excludes halogenated alkanes) is 2. The smallest absolute Gasteiger partial charge is 0.0691 e. The van der Waals surface area contributed by atoms with E-state index in [1.807, 2.05) is 12.3 Å². The maximum atomic E-state index is 6.37. The summed E-state index contributed by atoms with van der Waals surface area (Å²) in [7, 11) is 0. The van der Waals surface area contributed by atoms with Crippen LogP contribution in [0.1, 0.15) is 75.5 Å². The maximum Gasteiger partial charge on any atom is 0.0691 e. The first-order valence-corrected chi connectivity index (χ1v) is 11.8. The summed E-state index contributed by atoms with van der Waals surface area (Å²) < 4.78 is 7.61. The molecule has 2 aromatic rings. The van der Waals surface area contributed by atoms with Gasteiger partial charge in [-0.15, -0.1) is 0 Å². The van der Waals surface area contributed by atoms with Gasteiger partial charge in [-0.05, 0) is 68.7 Å². The second-order valence-electron chi connectivity index (χ2n) is 8.81. The first-order chi connectivity index (χ1) is 13.7. The Labute approximate surface area is 178 Å². The average Bonchev–Trinajstić information content (AvgIpc) is 3.17. The van der Waals surface area contributed by atoms with Crippen LogP contribution in [0.4, 0.5) is 0 Å². The maximum absolute atomic E-state index is 6.37. The molecule has 2 nitrogen and oxygen atoms in total. The lowest BCUT2D eigenvalue weighted by Gasteiger charge is -2.46. The molecule has 2 heterocycles. The van der Waals surface area contributed by atoms with Crippen molar-refractivity contribution in [3.63, 3.8) is 0 Å². The minimum atomic E-state index is 0.130. The summed E-state index contributed by atoms with van der Waals surface area (Å²) in [6.07, 6.45) is 15.6. The summed E-state index contributed by atoms with van der Waals surface area (Å²) in [6.45, 7) is 0.896. The monoisotopic (exact) mass is 441 g/mol. The van der Waals surface area contributed by atoms with Gasteiger partial charge in [0.15, 0.2) is 0 Å². The van der Waals surface area contributed by atoms with Crippen molar-refractivity contribution in [3.05, 3.63) is 64.4 Å². The number of hydrogen-bond acceptors (Lipinski definition) is 2. The number of ether oxygens (including phenoxy) is 1. The van der Waals surface area contributed by atoms with Crippen LogP contribution in [0.5, 0.6) is 0 Å². The van der Waals surface area contributed by atoms with Gasteiger partial charge in [-0.3, -0.25) is 4.98 Å². The fourth-order valence-corrected chi connectivity index (χ4v) is 5.94. The molecule has 1 aromatic carbocycles. The average molecular weight is 442 g/mol. The zero-order valence-corrected chi connectivity index (χ0v) is 18.4. The van der Waals surface area contributed by atoms with E-state index in [0.717, 1.165) is 19.4 Å². The molecule has 0 amide bonds. The number of nitrogens with zero attached hydrogens (tertiary/aromatic N) is 1. The predicted molar refractivity (Wildman–Crippen MR) is 119 cm³/mol. The number of aromatic nitrogens is 1. The number of hydrogen-bond donors (Lipinski definition) is 0. The zero-order chi connectivity index (χ0) is 19.3. The molecule has 0 unspecified atom stereocenters. The molecule has 1 aliphatic heterocycles. The summed E-state index contributed by atoms with van der Waals surface area (Å²) in [4.78, 5) is 4.83. The lowest BCUT2D eigenvalue weighted by molar-refractivity contribution is -0.104. The quantitative estimate of drug-likeness (QED) is 0.431. The second kappa shape index (κ2) is 9.09. The van der Waals surface area contributed by atoms with Crippen LogP contribution in [0.3, 0.4) is 0 Å². The van der Waals surface area contributed by atoms with E-state index in [-0.39, 0.29) is 11.0 Å². The Kier molecular flexibility index (Phi) is 6.52. The van der Waals surface area contributed by atoms with Crippen molar-refractivity contribution in [2.75, 3.05) is 6.61 Å². The van der Waals surface area contributed by atoms with Gasteiger partial charge >= 0.3 is 0 Å². The van der Waals surface area contributed by atoms with E-state index in [2.05, 4.69) is 52.3 Å². The van der Waals surface area contributed by atoms with E-state index in [1.54, 1.807) is 0 Å². The van der Waals surface area contributed by atoms with E-state index >= 15 is 0 Å². The molecule has 0 bridgehead atoms. The fraction of sp³-hybridized carbons (Fsp3) is 0.560. The molecule has 1 saturated carbocycles. The highest BCUT2D eigenvalue weighted by Gasteiger charge is 2.48. The largest absolute Gasteiger partial charge is 0.375 e. The molecule has 1 saturated heterocycles. The van der Waals surface area contributed by atoms with Gasteiger partial charge in [0, 0.05) is 28.4 Å². The van der Waals surface area contributed by atoms with Crippen molar-refractivity contribution in [3.8, 4) is 0 Å². The molecule has 1 aromatic heterocycles. The minimum Gasteiger partial charge on any atom is -0.375 e. The summed E-state index contributed by atoms with van der Waals surface area (Å²) in [5.41, 5.74) is 3.07. The number of aryl methyl sites for hydroxylation is 1. The zero-order valence-electron chi connectivity index (χ0n) is 16.8. The summed E-state index contributed by atoms with van der Waals surface area (Å²) in [5, 5.41) is 0. The Morgan fingerprint density at radius 1 is 0.929 bits per heavy atom. The van der Waals surface area contributed by atoms with Crippen LogP contribution in [0.25, 0.3) is 0 Å². The molecule has 1 aliphatic carbocycles. The first-order valence-electron chi connectivity index (χ1n) is 11.0. The van der Waals surface area contributed by atoms with Crippen LogP contribution in [0.15, 0.2) is 53.1 Å². The van der Waals surface area contributed by atoms with Crippen molar-refractivity contribution in [1.82, 2.24) is 4.98 Å². The molecular weight excluding hydrogens is 410 g/mol. The van der Waals surface area contributed by atoms with Crippen LogP contribution in [-0.2, 0) is 16.6 Å². The first kappa shape index (κ1) is 20.1. The molecule has 1 atom stereocenters. The Hall–Kier alpha value is -1.19. The van der Waals surface area contributed by atoms with Gasteiger partial charge in [-0.1, -0.05) is 65.9 Å². The van der Waals surface area contributed by atoms with Crippen LogP contribution >= 0.6 is 15.9 Å². The topological polar surface area (TPSA) is 22.1 Å². The van der Waals surface area contributed by atoms with Crippen LogP contribution in [-0.4, -0.2) is 17.2 Å². The van der Waals surface area contributed by atoms with Crippen molar-refractivity contribution in [2.45, 2.75) is 81.6 Å². The lowest BCUT2D eigenvalue weighted by atomic mass is 9.67. The molecule has 2 fully saturated rings. The van der Waals surface area contributed by atoms with Gasteiger partial charge in [-0.2, -0.15) is 0 Å². The van der Waals surface area contributed by atoms with Gasteiger partial charge in [0.05, 0.1) is 5.60 Å². The Bertz CT molecular complexity index is 756. The second-order valence-corrected chi connectivity index (χ2v) is 9.67. The number of halogens is 1. The normalized spacial score (nSPS) is 23.9. The molecule has 28 heavy (non-hydrogen) atoms. The van der Waals surface area contributed by atoms with Gasteiger partial charge in [0.25, 0.3) is 0 Å². The highest BCUT2D eigenvalue weighted by atomic mass is 79.9. The predicted octanol–water partition coefficient (Wildman–Crippen LogP) is 7.01. The Morgan fingerprint density at radius 3 is 2.54 bits per heavy atom. The van der Waals surface area contributed by atoms with Gasteiger partial charge in [0.1, 0.15) is 0 Å². The fourth-order valence-electron chi connectivity index (χ4n) is 5.45. The minimum absolute atomic E-state index is 0.130. The Morgan fingerprint density at radius 2 is 1.75 bits per heavy atom. The third-order valence-electron chi connectivity index (χ3n) is 6.93. The van der Waals surface area contributed by atoms with Crippen LogP contribution in [0, 0.1) is 0 Å². The summed E-state index contributed by atoms with van der Waals surface area (Å²) in [6, 6.07) is 15.1. The summed E-state index contributed by atoms with van der Waals surface area (Å²) >= 11 is 3.68. The van der Waals surface area contributed by atoms with E-state index in [4.69, 9.17) is 9.72 Å². The van der Waals surface area contributed by atoms with E-state index in [0.29, 0.717) is 0 Å². The van der Waals surface area contributed by atoms with Crippen molar-refractivity contribution in [2.24, 2.45) is 0 Å².